The molecule has 0 amide bonds. The predicted molar refractivity (Wildman–Crippen MR) is 127 cm³/mol. The Morgan fingerprint density at radius 2 is 1.36 bits per heavy atom. The molecular formula is C26H44O7. The molecule has 0 bridgehead atoms. The minimum absolute atomic E-state index is 0.129. The highest BCUT2D eigenvalue weighted by Crippen LogP contribution is 2.26. The molecule has 0 aliphatic heterocycles. The van der Waals surface area contributed by atoms with Crippen molar-refractivity contribution in [2.45, 2.75) is 93.4 Å². The molecule has 1 atom stereocenters. The first kappa shape index (κ1) is 30.8. The predicted octanol–water partition coefficient (Wildman–Crippen LogP) is 5.20. The summed E-state index contributed by atoms with van der Waals surface area (Å²) >= 11 is 0. The molecule has 0 aromatic carbocycles. The van der Waals surface area contributed by atoms with Crippen molar-refractivity contribution in [2.24, 2.45) is 16.7 Å². The summed E-state index contributed by atoms with van der Waals surface area (Å²) in [4.78, 5) is 49.0. The number of ether oxygens (including phenoxy) is 3. The smallest absolute Gasteiger partial charge is 0.316 e. The molecule has 0 aliphatic rings. The van der Waals surface area contributed by atoms with E-state index >= 15 is 0 Å². The maximum Gasteiger partial charge on any atom is 0.316 e. The largest absolute Gasteiger partial charge is 0.466 e. The fraction of sp³-hybridized carbons (Fsp3) is 0.769. The average Bonchev–Trinajstić information content (AvgIpc) is 2.73. The van der Waals surface area contributed by atoms with E-state index in [1.165, 1.54) is 0 Å². The molecule has 0 rings (SSSR count). The molecule has 0 heterocycles. The van der Waals surface area contributed by atoms with Gasteiger partial charge >= 0.3 is 17.9 Å². The number of Topliss-reactive ketones (excluding diaryl/α,β-unsaturated/α-hetero) is 1. The topological polar surface area (TPSA) is 96.0 Å². The monoisotopic (exact) mass is 468 g/mol. The van der Waals surface area contributed by atoms with E-state index in [-0.39, 0.29) is 24.3 Å². The zero-order valence-corrected chi connectivity index (χ0v) is 21.7. The molecule has 0 fully saturated rings. The van der Waals surface area contributed by atoms with E-state index < -0.39 is 22.7 Å². The van der Waals surface area contributed by atoms with Crippen LogP contribution in [-0.2, 0) is 33.4 Å². The van der Waals surface area contributed by atoms with Crippen LogP contribution in [0.2, 0.25) is 0 Å². The van der Waals surface area contributed by atoms with Crippen LogP contribution in [-0.4, -0.2) is 43.5 Å². The molecule has 33 heavy (non-hydrogen) atoms. The first-order valence-corrected chi connectivity index (χ1v) is 12.1. The first-order valence-electron chi connectivity index (χ1n) is 12.1. The number of unbranched alkanes of at least 4 members (excludes halogenated alkanes) is 2. The number of ketones is 1. The first-order chi connectivity index (χ1) is 15.4. The van der Waals surface area contributed by atoms with Gasteiger partial charge in [-0.05, 0) is 74.1 Å². The Morgan fingerprint density at radius 3 is 1.94 bits per heavy atom. The lowest BCUT2D eigenvalue weighted by Crippen LogP contribution is -2.27. The zero-order valence-electron chi connectivity index (χ0n) is 21.7. The maximum absolute atomic E-state index is 12.7. The quantitative estimate of drug-likeness (QED) is 0.0951. The molecule has 0 radical (unpaired) electrons. The van der Waals surface area contributed by atoms with Crippen molar-refractivity contribution in [2.75, 3.05) is 19.8 Å². The van der Waals surface area contributed by atoms with E-state index in [0.717, 1.165) is 12.8 Å². The van der Waals surface area contributed by atoms with Gasteiger partial charge in [0.25, 0.3) is 0 Å². The van der Waals surface area contributed by atoms with E-state index in [4.69, 9.17) is 14.2 Å². The minimum Gasteiger partial charge on any atom is -0.466 e. The molecule has 0 N–H and O–H groups in total. The lowest BCUT2D eigenvalue weighted by Gasteiger charge is -2.22. The molecule has 0 aromatic rings. The van der Waals surface area contributed by atoms with Gasteiger partial charge in [0.05, 0.1) is 30.7 Å². The van der Waals surface area contributed by atoms with Crippen molar-refractivity contribution >= 4 is 23.7 Å². The van der Waals surface area contributed by atoms with Crippen LogP contribution in [0, 0.1) is 16.7 Å². The van der Waals surface area contributed by atoms with Gasteiger partial charge in [-0.1, -0.05) is 25.0 Å². The fourth-order valence-electron chi connectivity index (χ4n) is 3.32. The van der Waals surface area contributed by atoms with Gasteiger partial charge in [-0.2, -0.15) is 0 Å². The molecule has 7 heteroatoms. The van der Waals surface area contributed by atoms with Crippen LogP contribution in [0.25, 0.3) is 0 Å². The van der Waals surface area contributed by atoms with Gasteiger partial charge < -0.3 is 14.2 Å². The lowest BCUT2D eigenvalue weighted by atomic mass is 9.86. The molecular weight excluding hydrogens is 424 g/mol. The Bertz CT molecular complexity index is 662. The van der Waals surface area contributed by atoms with Crippen LogP contribution in [0.4, 0.5) is 0 Å². The molecule has 0 aliphatic carbocycles. The Labute approximate surface area is 199 Å². The molecule has 0 aromatic heterocycles. The van der Waals surface area contributed by atoms with Gasteiger partial charge in [0.2, 0.25) is 0 Å². The molecule has 0 saturated carbocycles. The van der Waals surface area contributed by atoms with Gasteiger partial charge in [0.15, 0.2) is 0 Å². The van der Waals surface area contributed by atoms with E-state index in [1.807, 2.05) is 19.9 Å². The molecule has 0 saturated heterocycles. The minimum atomic E-state index is -0.809. The third-order valence-electron chi connectivity index (χ3n) is 5.47. The highest BCUT2D eigenvalue weighted by molar-refractivity contribution is 5.98. The second-order valence-electron chi connectivity index (χ2n) is 9.36. The van der Waals surface area contributed by atoms with Gasteiger partial charge in [0, 0.05) is 6.42 Å². The van der Waals surface area contributed by atoms with Gasteiger partial charge in [-0.25, -0.2) is 0 Å². The molecule has 1 unspecified atom stereocenters. The van der Waals surface area contributed by atoms with Crippen molar-refractivity contribution in [3.8, 4) is 0 Å². The maximum atomic E-state index is 12.7. The molecule has 0 spiro atoms. The van der Waals surface area contributed by atoms with Crippen LogP contribution >= 0.6 is 0 Å². The van der Waals surface area contributed by atoms with Gasteiger partial charge in [-0.15, -0.1) is 0 Å². The van der Waals surface area contributed by atoms with E-state index in [1.54, 1.807) is 40.7 Å². The van der Waals surface area contributed by atoms with E-state index in [2.05, 4.69) is 0 Å². The zero-order chi connectivity index (χ0) is 25.5. The number of hydrogen-bond acceptors (Lipinski definition) is 7. The molecule has 7 nitrogen and oxygen atoms in total. The van der Waals surface area contributed by atoms with Crippen LogP contribution < -0.4 is 0 Å². The van der Waals surface area contributed by atoms with Crippen LogP contribution in [0.15, 0.2) is 12.2 Å². The second kappa shape index (κ2) is 15.6. The number of esters is 3. The Hall–Kier alpha value is -2.18. The number of hydrogen-bond donors (Lipinski definition) is 0. The van der Waals surface area contributed by atoms with Crippen molar-refractivity contribution in [3.63, 3.8) is 0 Å². The Morgan fingerprint density at radius 1 is 0.788 bits per heavy atom. The Kier molecular flexibility index (Phi) is 14.6. The molecule has 190 valence electrons. The van der Waals surface area contributed by atoms with Crippen molar-refractivity contribution in [1.29, 1.82) is 0 Å². The number of allylic oxidation sites excluding steroid dienone is 1. The second-order valence-corrected chi connectivity index (χ2v) is 9.36. The standard InChI is InChI=1S/C26H44O7/c1-8-31-22(28)20(16-13-15-19-26(6,7)24(30)33-10-3)21(27)17-12-11-14-18-25(4,5)23(29)32-9-2/h15,19-20H,8-14,16-18H2,1-7H3. The van der Waals surface area contributed by atoms with Crippen LogP contribution in [0.5, 0.6) is 0 Å². The number of rotatable bonds is 17. The summed E-state index contributed by atoms with van der Waals surface area (Å²) in [5.74, 6) is -1.95. The summed E-state index contributed by atoms with van der Waals surface area (Å²) in [7, 11) is 0. The SMILES string of the molecule is CCOC(=O)C(CCC=CC(C)(C)C(=O)OCC)C(=O)CCCCCC(C)(C)C(=O)OCC. The number of carbonyl (C=O) groups excluding carboxylic acids is 4. The number of carbonyl (C=O) groups is 4. The van der Waals surface area contributed by atoms with Crippen molar-refractivity contribution in [3.05, 3.63) is 12.2 Å². The fourth-order valence-corrected chi connectivity index (χ4v) is 3.32. The van der Waals surface area contributed by atoms with Crippen LogP contribution in [0.3, 0.4) is 0 Å². The van der Waals surface area contributed by atoms with Crippen LogP contribution in [0.1, 0.15) is 93.4 Å². The third-order valence-corrected chi connectivity index (χ3v) is 5.47. The van der Waals surface area contributed by atoms with Gasteiger partial charge in [0.1, 0.15) is 11.7 Å². The van der Waals surface area contributed by atoms with Gasteiger partial charge in [-0.3, -0.25) is 19.2 Å². The van der Waals surface area contributed by atoms with E-state index in [0.29, 0.717) is 45.3 Å². The highest BCUT2D eigenvalue weighted by atomic mass is 16.5. The van der Waals surface area contributed by atoms with E-state index in [9.17, 15) is 19.2 Å². The summed E-state index contributed by atoms with van der Waals surface area (Å²) < 4.78 is 15.3. The van der Waals surface area contributed by atoms with Crippen molar-refractivity contribution in [1.82, 2.24) is 0 Å². The summed E-state index contributed by atoms with van der Waals surface area (Å²) in [6.07, 6.45) is 7.60. The average molecular weight is 469 g/mol. The van der Waals surface area contributed by atoms with Crippen molar-refractivity contribution < 1.29 is 33.4 Å². The summed E-state index contributed by atoms with van der Waals surface area (Å²) in [6.45, 7) is 13.4. The normalized spacial score (nSPS) is 12.9. The lowest BCUT2D eigenvalue weighted by molar-refractivity contribution is -0.154. The third kappa shape index (κ3) is 12.0. The highest BCUT2D eigenvalue weighted by Gasteiger charge is 2.30. The summed E-state index contributed by atoms with van der Waals surface area (Å²) in [5.41, 5.74) is -1.31. The summed E-state index contributed by atoms with van der Waals surface area (Å²) in [6, 6.07) is 0. The Balaban J connectivity index is 4.70. The summed E-state index contributed by atoms with van der Waals surface area (Å²) in [5, 5.41) is 0.